The number of amides is 2. The average Bonchev–Trinajstić information content (AvgIpc) is 3.23. The lowest BCUT2D eigenvalue weighted by Gasteiger charge is -2.14. The molecule has 31 heavy (non-hydrogen) atoms. The van der Waals surface area contributed by atoms with Crippen LogP contribution in [0, 0.1) is 0 Å². The molecule has 0 aliphatic carbocycles. The van der Waals surface area contributed by atoms with E-state index in [9.17, 15) is 9.59 Å². The first-order chi connectivity index (χ1) is 14.8. The van der Waals surface area contributed by atoms with Crippen LogP contribution in [-0.4, -0.2) is 37.9 Å². The highest BCUT2D eigenvalue weighted by Crippen LogP contribution is 2.30. The molecule has 0 radical (unpaired) electrons. The number of benzene rings is 2. The molecule has 3 aromatic rings. The van der Waals surface area contributed by atoms with Crippen molar-refractivity contribution in [2.45, 2.75) is 0 Å². The van der Waals surface area contributed by atoms with Crippen molar-refractivity contribution in [2.75, 3.05) is 21.2 Å². The summed E-state index contributed by atoms with van der Waals surface area (Å²) in [5.41, 5.74) is 1.19. The third-order valence-electron chi connectivity index (χ3n) is 4.35. The average molecular weight is 459 g/mol. The Hall–Kier alpha value is -3.22. The zero-order valence-electron chi connectivity index (χ0n) is 17.1. The van der Waals surface area contributed by atoms with E-state index >= 15 is 0 Å². The maximum Gasteiger partial charge on any atom is 0.269 e. The van der Waals surface area contributed by atoms with Gasteiger partial charge >= 0.3 is 0 Å². The van der Waals surface area contributed by atoms with Crippen LogP contribution in [0.3, 0.4) is 0 Å². The van der Waals surface area contributed by atoms with Gasteiger partial charge in [-0.25, -0.2) is 0 Å². The van der Waals surface area contributed by atoms with Gasteiger partial charge in [-0.2, -0.15) is 0 Å². The number of rotatable bonds is 6. The zero-order chi connectivity index (χ0) is 22.5. The van der Waals surface area contributed by atoms with E-state index in [-0.39, 0.29) is 11.6 Å². The number of furan rings is 1. The fourth-order valence-corrected chi connectivity index (χ4v) is 3.00. The predicted molar refractivity (Wildman–Crippen MR) is 121 cm³/mol. The molecule has 2 aromatic carbocycles. The minimum absolute atomic E-state index is 0.0702. The molecule has 1 aromatic heterocycles. The van der Waals surface area contributed by atoms with Crippen LogP contribution in [0.4, 0.5) is 0 Å². The van der Waals surface area contributed by atoms with Crippen LogP contribution < -0.4 is 10.1 Å². The Bertz CT molecular complexity index is 1130. The first kappa shape index (κ1) is 22.5. The van der Waals surface area contributed by atoms with E-state index in [2.05, 4.69) is 5.32 Å². The van der Waals surface area contributed by atoms with E-state index in [1.807, 2.05) is 0 Å². The molecule has 0 saturated heterocycles. The Morgan fingerprint density at radius 1 is 1.00 bits per heavy atom. The van der Waals surface area contributed by atoms with Crippen molar-refractivity contribution in [1.29, 1.82) is 0 Å². The van der Waals surface area contributed by atoms with Gasteiger partial charge in [0, 0.05) is 31.3 Å². The number of likely N-dealkylation sites (N-methyl/N-ethyl adjacent to an activating group) is 1. The molecule has 3 rings (SSSR count). The summed E-state index contributed by atoms with van der Waals surface area (Å²) < 4.78 is 10.9. The summed E-state index contributed by atoms with van der Waals surface area (Å²) >= 11 is 12.0. The van der Waals surface area contributed by atoms with Gasteiger partial charge in [-0.1, -0.05) is 23.2 Å². The number of carbonyl (C=O) groups is 2. The number of carbonyl (C=O) groups excluding carboxylic acids is 2. The second kappa shape index (κ2) is 9.73. The largest absolute Gasteiger partial charge is 0.497 e. The molecule has 0 bridgehead atoms. The summed E-state index contributed by atoms with van der Waals surface area (Å²) in [7, 11) is 4.74. The molecule has 0 spiro atoms. The molecule has 0 fully saturated rings. The Morgan fingerprint density at radius 3 is 2.32 bits per heavy atom. The van der Waals surface area contributed by atoms with E-state index in [0.717, 1.165) is 5.56 Å². The van der Waals surface area contributed by atoms with Crippen LogP contribution in [0.1, 0.15) is 16.1 Å². The first-order valence-corrected chi connectivity index (χ1v) is 9.98. The number of ether oxygens (including phenoxy) is 1. The lowest BCUT2D eigenvalue weighted by Crippen LogP contribution is -2.34. The fraction of sp³-hybridized carbons (Fsp3) is 0.130. The second-order valence-electron chi connectivity index (χ2n) is 6.77. The molecular weight excluding hydrogens is 439 g/mol. The molecule has 0 aliphatic rings. The smallest absolute Gasteiger partial charge is 0.269 e. The van der Waals surface area contributed by atoms with Crippen molar-refractivity contribution < 1.29 is 18.7 Å². The van der Waals surface area contributed by atoms with Gasteiger partial charge in [-0.15, -0.1) is 0 Å². The molecule has 0 aliphatic heterocycles. The summed E-state index contributed by atoms with van der Waals surface area (Å²) in [5, 5.41) is 3.50. The number of nitrogens with zero attached hydrogens (tertiary/aromatic N) is 1. The molecule has 1 N–H and O–H groups in total. The molecule has 8 heteroatoms. The van der Waals surface area contributed by atoms with E-state index in [1.165, 1.54) is 11.0 Å². The standard InChI is InChI=1S/C23H20Cl2N2O4/c1-27(2)23(29)20(26-22(28)14-4-7-16(30-3)8-5-14)13-17-9-11-21(31-17)15-6-10-18(24)19(25)12-15/h4-13H,1-3H3,(H,26,28). The van der Waals surface area contributed by atoms with Crippen LogP contribution in [0.25, 0.3) is 17.4 Å². The zero-order valence-corrected chi connectivity index (χ0v) is 18.6. The van der Waals surface area contributed by atoms with Gasteiger partial charge in [0.15, 0.2) is 0 Å². The van der Waals surface area contributed by atoms with E-state index in [1.54, 1.807) is 75.8 Å². The van der Waals surface area contributed by atoms with Crippen molar-refractivity contribution in [2.24, 2.45) is 0 Å². The van der Waals surface area contributed by atoms with Gasteiger partial charge < -0.3 is 19.4 Å². The van der Waals surface area contributed by atoms with E-state index in [0.29, 0.717) is 32.9 Å². The Balaban J connectivity index is 1.88. The highest BCUT2D eigenvalue weighted by atomic mass is 35.5. The summed E-state index contributed by atoms with van der Waals surface area (Å²) in [4.78, 5) is 26.6. The maximum atomic E-state index is 12.6. The molecule has 0 unspecified atom stereocenters. The quantitative estimate of drug-likeness (QED) is 0.520. The lowest BCUT2D eigenvalue weighted by atomic mass is 10.2. The number of halogens is 2. The van der Waals surface area contributed by atoms with Crippen LogP contribution in [-0.2, 0) is 4.79 Å². The van der Waals surface area contributed by atoms with Gasteiger partial charge in [0.05, 0.1) is 17.2 Å². The van der Waals surface area contributed by atoms with E-state index in [4.69, 9.17) is 32.4 Å². The monoisotopic (exact) mass is 458 g/mol. The normalized spacial score (nSPS) is 11.2. The SMILES string of the molecule is COc1ccc(C(=O)NC(=Cc2ccc(-c3ccc(Cl)c(Cl)c3)o2)C(=O)N(C)C)cc1. The number of nitrogens with one attached hydrogen (secondary N) is 1. The summed E-state index contributed by atoms with van der Waals surface area (Å²) in [6.45, 7) is 0. The molecule has 160 valence electrons. The number of hydrogen-bond donors (Lipinski definition) is 1. The summed E-state index contributed by atoms with van der Waals surface area (Å²) in [5.74, 6) is 0.751. The minimum Gasteiger partial charge on any atom is -0.497 e. The Morgan fingerprint density at radius 2 is 1.71 bits per heavy atom. The van der Waals surface area contributed by atoms with Crippen LogP contribution in [0.5, 0.6) is 5.75 Å². The maximum absolute atomic E-state index is 12.6. The van der Waals surface area contributed by atoms with Crippen molar-refractivity contribution in [1.82, 2.24) is 10.2 Å². The summed E-state index contributed by atoms with van der Waals surface area (Å²) in [6.07, 6.45) is 1.48. The van der Waals surface area contributed by atoms with E-state index < -0.39 is 5.91 Å². The Labute approximate surface area is 190 Å². The number of methoxy groups -OCH3 is 1. The lowest BCUT2D eigenvalue weighted by molar-refractivity contribution is -0.124. The highest BCUT2D eigenvalue weighted by Gasteiger charge is 2.17. The van der Waals surface area contributed by atoms with Crippen LogP contribution >= 0.6 is 23.2 Å². The molecule has 2 amide bonds. The van der Waals surface area contributed by atoms with Gasteiger partial charge in [-0.05, 0) is 54.6 Å². The van der Waals surface area contributed by atoms with Crippen molar-refractivity contribution in [3.8, 4) is 17.1 Å². The third kappa shape index (κ3) is 5.48. The number of hydrogen-bond acceptors (Lipinski definition) is 4. The molecule has 1 heterocycles. The van der Waals surface area contributed by atoms with Gasteiger partial charge in [0.2, 0.25) is 0 Å². The highest BCUT2D eigenvalue weighted by molar-refractivity contribution is 6.42. The van der Waals surface area contributed by atoms with Gasteiger partial charge in [0.25, 0.3) is 11.8 Å². The van der Waals surface area contributed by atoms with Crippen molar-refractivity contribution >= 4 is 41.1 Å². The molecule has 6 nitrogen and oxygen atoms in total. The molecular formula is C23H20Cl2N2O4. The van der Waals surface area contributed by atoms with Crippen LogP contribution in [0.15, 0.2) is 64.7 Å². The fourth-order valence-electron chi connectivity index (χ4n) is 2.71. The topological polar surface area (TPSA) is 71.8 Å². The Kier molecular flexibility index (Phi) is 7.05. The third-order valence-corrected chi connectivity index (χ3v) is 5.09. The van der Waals surface area contributed by atoms with Gasteiger partial charge in [-0.3, -0.25) is 9.59 Å². The molecule has 0 atom stereocenters. The second-order valence-corrected chi connectivity index (χ2v) is 7.59. The molecule has 0 saturated carbocycles. The van der Waals surface area contributed by atoms with Crippen molar-refractivity contribution in [3.63, 3.8) is 0 Å². The first-order valence-electron chi connectivity index (χ1n) is 9.22. The van der Waals surface area contributed by atoms with Crippen LogP contribution in [0.2, 0.25) is 10.0 Å². The summed E-state index contributed by atoms with van der Waals surface area (Å²) in [6, 6.07) is 15.1. The van der Waals surface area contributed by atoms with Gasteiger partial charge in [0.1, 0.15) is 23.0 Å². The minimum atomic E-state index is -0.430. The predicted octanol–water partition coefficient (Wildman–Crippen LogP) is 5.12. The van der Waals surface area contributed by atoms with Crippen molar-refractivity contribution in [3.05, 3.63) is 81.7 Å².